The van der Waals surface area contributed by atoms with E-state index in [-0.39, 0.29) is 18.2 Å². The van der Waals surface area contributed by atoms with Crippen molar-refractivity contribution in [1.82, 2.24) is 0 Å². The molecule has 0 radical (unpaired) electrons. The summed E-state index contributed by atoms with van der Waals surface area (Å²) >= 11 is 0. The molecule has 0 amide bonds. The molecular weight excluding hydrogens is 168 g/mol. The second-order valence-electron chi connectivity index (χ2n) is 3.62. The first-order valence-corrected chi connectivity index (χ1v) is 4.36. The molecular formula is C10H14O3. The summed E-state index contributed by atoms with van der Waals surface area (Å²) in [6, 6.07) is 0. The molecule has 0 spiro atoms. The fourth-order valence-corrected chi connectivity index (χ4v) is 1.48. The van der Waals surface area contributed by atoms with Crippen molar-refractivity contribution in [1.29, 1.82) is 0 Å². The summed E-state index contributed by atoms with van der Waals surface area (Å²) in [5, 5.41) is 0. The van der Waals surface area contributed by atoms with E-state index in [9.17, 15) is 9.59 Å². The smallest absolute Gasteiger partial charge is 0.306 e. The van der Waals surface area contributed by atoms with Crippen molar-refractivity contribution in [3.8, 4) is 0 Å². The Labute approximate surface area is 77.8 Å². The number of hydrogen-bond donors (Lipinski definition) is 0. The van der Waals surface area contributed by atoms with Gasteiger partial charge in [0, 0.05) is 5.41 Å². The number of carbonyl (C=O) groups excluding carboxylic acids is 2. The molecule has 1 unspecified atom stereocenters. The van der Waals surface area contributed by atoms with Crippen LogP contribution in [0, 0.1) is 5.41 Å². The second-order valence-corrected chi connectivity index (χ2v) is 3.62. The molecule has 3 nitrogen and oxygen atoms in total. The average Bonchev–Trinajstić information content (AvgIpc) is 2.10. The maximum atomic E-state index is 11.5. The molecule has 0 heterocycles. The minimum absolute atomic E-state index is 0.0316. The standard InChI is InChI=1S/C10H14O3/c1-10(7-9(12)13-2)6-4-3-5-8(10)11/h3,5H,4,6-7H2,1-2H3. The zero-order valence-electron chi connectivity index (χ0n) is 8.00. The van der Waals surface area contributed by atoms with E-state index < -0.39 is 5.41 Å². The Morgan fingerprint density at radius 2 is 2.38 bits per heavy atom. The maximum Gasteiger partial charge on any atom is 0.306 e. The first-order valence-electron chi connectivity index (χ1n) is 4.36. The van der Waals surface area contributed by atoms with E-state index >= 15 is 0 Å². The van der Waals surface area contributed by atoms with E-state index in [1.165, 1.54) is 7.11 Å². The predicted molar refractivity (Wildman–Crippen MR) is 48.1 cm³/mol. The van der Waals surface area contributed by atoms with E-state index in [0.29, 0.717) is 0 Å². The molecule has 0 saturated heterocycles. The van der Waals surface area contributed by atoms with Crippen LogP contribution in [-0.4, -0.2) is 18.9 Å². The third-order valence-electron chi connectivity index (χ3n) is 2.49. The Bertz CT molecular complexity index is 255. The van der Waals surface area contributed by atoms with E-state index in [1.54, 1.807) is 6.08 Å². The van der Waals surface area contributed by atoms with Crippen LogP contribution < -0.4 is 0 Å². The van der Waals surface area contributed by atoms with Crippen LogP contribution in [0.1, 0.15) is 26.2 Å². The lowest BCUT2D eigenvalue weighted by molar-refractivity contribution is -0.146. The number of rotatable bonds is 2. The normalized spacial score (nSPS) is 27.4. The molecule has 0 fully saturated rings. The van der Waals surface area contributed by atoms with Gasteiger partial charge in [-0.25, -0.2) is 0 Å². The van der Waals surface area contributed by atoms with Crippen molar-refractivity contribution in [2.75, 3.05) is 7.11 Å². The second kappa shape index (κ2) is 3.73. The van der Waals surface area contributed by atoms with Crippen molar-refractivity contribution in [3.63, 3.8) is 0 Å². The number of allylic oxidation sites excluding steroid dienone is 2. The van der Waals surface area contributed by atoms with Gasteiger partial charge in [-0.05, 0) is 18.9 Å². The van der Waals surface area contributed by atoms with Crippen LogP contribution in [-0.2, 0) is 14.3 Å². The molecule has 0 aromatic heterocycles. The fraction of sp³-hybridized carbons (Fsp3) is 0.600. The molecule has 0 bridgehead atoms. The Balaban J connectivity index is 2.69. The highest BCUT2D eigenvalue weighted by atomic mass is 16.5. The summed E-state index contributed by atoms with van der Waals surface area (Å²) in [6.45, 7) is 1.82. The number of hydrogen-bond acceptors (Lipinski definition) is 3. The van der Waals surface area contributed by atoms with Crippen molar-refractivity contribution in [3.05, 3.63) is 12.2 Å². The van der Waals surface area contributed by atoms with Gasteiger partial charge in [-0.15, -0.1) is 0 Å². The van der Waals surface area contributed by atoms with Crippen molar-refractivity contribution >= 4 is 11.8 Å². The first-order chi connectivity index (χ1) is 6.08. The minimum Gasteiger partial charge on any atom is -0.469 e. The van der Waals surface area contributed by atoms with Crippen LogP contribution in [0.25, 0.3) is 0 Å². The number of ether oxygens (including phenoxy) is 1. The Hall–Kier alpha value is -1.12. The minimum atomic E-state index is -0.540. The maximum absolute atomic E-state index is 11.5. The molecule has 72 valence electrons. The van der Waals surface area contributed by atoms with Gasteiger partial charge in [-0.1, -0.05) is 13.0 Å². The van der Waals surface area contributed by atoms with Gasteiger partial charge >= 0.3 is 5.97 Å². The Morgan fingerprint density at radius 1 is 1.69 bits per heavy atom. The number of carbonyl (C=O) groups is 2. The topological polar surface area (TPSA) is 43.4 Å². The molecule has 0 aromatic rings. The van der Waals surface area contributed by atoms with Crippen molar-refractivity contribution in [2.45, 2.75) is 26.2 Å². The lowest BCUT2D eigenvalue weighted by Gasteiger charge is -2.27. The predicted octanol–water partition coefficient (Wildman–Crippen LogP) is 1.47. The largest absolute Gasteiger partial charge is 0.469 e. The van der Waals surface area contributed by atoms with Gasteiger partial charge in [0.1, 0.15) is 0 Å². The van der Waals surface area contributed by atoms with Crippen molar-refractivity contribution < 1.29 is 14.3 Å². The highest BCUT2D eigenvalue weighted by Gasteiger charge is 2.35. The molecule has 13 heavy (non-hydrogen) atoms. The quantitative estimate of drug-likeness (QED) is 0.607. The molecule has 0 saturated carbocycles. The number of ketones is 1. The monoisotopic (exact) mass is 182 g/mol. The average molecular weight is 182 g/mol. The molecule has 0 N–H and O–H groups in total. The number of esters is 1. The summed E-state index contributed by atoms with van der Waals surface area (Å²) in [5.41, 5.74) is -0.540. The third-order valence-corrected chi connectivity index (χ3v) is 2.49. The summed E-state index contributed by atoms with van der Waals surface area (Å²) in [6.07, 6.45) is 5.19. The van der Waals surface area contributed by atoms with Crippen LogP contribution >= 0.6 is 0 Å². The van der Waals surface area contributed by atoms with E-state index in [2.05, 4.69) is 4.74 Å². The lowest BCUT2D eigenvalue weighted by atomic mass is 9.75. The van der Waals surface area contributed by atoms with Gasteiger partial charge < -0.3 is 4.74 Å². The third kappa shape index (κ3) is 2.17. The molecule has 1 atom stereocenters. The summed E-state index contributed by atoms with van der Waals surface area (Å²) in [7, 11) is 1.34. The molecule has 3 heteroatoms. The Morgan fingerprint density at radius 3 is 2.92 bits per heavy atom. The fourth-order valence-electron chi connectivity index (χ4n) is 1.48. The van der Waals surface area contributed by atoms with Gasteiger partial charge in [0.15, 0.2) is 5.78 Å². The molecule has 0 aliphatic heterocycles. The molecule has 1 aliphatic carbocycles. The van der Waals surface area contributed by atoms with Crippen molar-refractivity contribution in [2.24, 2.45) is 5.41 Å². The van der Waals surface area contributed by atoms with Gasteiger partial charge in [-0.2, -0.15) is 0 Å². The van der Waals surface area contributed by atoms with Gasteiger partial charge in [0.05, 0.1) is 13.5 Å². The summed E-state index contributed by atoms with van der Waals surface area (Å²) in [5.74, 6) is -0.282. The van der Waals surface area contributed by atoms with E-state index in [0.717, 1.165) is 12.8 Å². The number of methoxy groups -OCH3 is 1. The van der Waals surface area contributed by atoms with Crippen LogP contribution in [0.15, 0.2) is 12.2 Å². The van der Waals surface area contributed by atoms with Crippen LogP contribution in [0.5, 0.6) is 0 Å². The zero-order valence-corrected chi connectivity index (χ0v) is 8.00. The van der Waals surface area contributed by atoms with E-state index in [4.69, 9.17) is 0 Å². The van der Waals surface area contributed by atoms with Gasteiger partial charge in [-0.3, -0.25) is 9.59 Å². The van der Waals surface area contributed by atoms with E-state index in [1.807, 2.05) is 13.0 Å². The van der Waals surface area contributed by atoms with Crippen LogP contribution in [0.4, 0.5) is 0 Å². The zero-order chi connectivity index (χ0) is 9.90. The lowest BCUT2D eigenvalue weighted by Crippen LogP contribution is -2.31. The van der Waals surface area contributed by atoms with Gasteiger partial charge in [0.25, 0.3) is 0 Å². The summed E-state index contributed by atoms with van der Waals surface area (Å²) in [4.78, 5) is 22.5. The first kappa shape index (κ1) is 9.96. The SMILES string of the molecule is COC(=O)CC1(C)CCC=CC1=O. The van der Waals surface area contributed by atoms with Crippen LogP contribution in [0.3, 0.4) is 0 Å². The summed E-state index contributed by atoms with van der Waals surface area (Å²) < 4.78 is 4.55. The Kier molecular flexibility index (Phi) is 2.86. The highest BCUT2D eigenvalue weighted by Crippen LogP contribution is 2.32. The molecule has 1 rings (SSSR count). The van der Waals surface area contributed by atoms with Crippen LogP contribution in [0.2, 0.25) is 0 Å². The van der Waals surface area contributed by atoms with Gasteiger partial charge in [0.2, 0.25) is 0 Å². The molecule has 1 aliphatic rings. The molecule has 0 aromatic carbocycles. The highest BCUT2D eigenvalue weighted by molar-refractivity contribution is 5.97.